The Morgan fingerprint density at radius 1 is 1.18 bits per heavy atom. The molecule has 0 unspecified atom stereocenters. The van der Waals surface area contributed by atoms with Crippen LogP contribution < -0.4 is 26.0 Å². The molecular weight excluding hydrogens is 486 g/mol. The van der Waals surface area contributed by atoms with Crippen molar-refractivity contribution in [1.29, 1.82) is 0 Å². The van der Waals surface area contributed by atoms with Crippen molar-refractivity contribution >= 4 is 44.9 Å². The summed E-state index contributed by atoms with van der Waals surface area (Å²) in [5.41, 5.74) is 1.75. The topological polar surface area (TPSA) is 104 Å². The van der Waals surface area contributed by atoms with E-state index in [0.717, 1.165) is 41.7 Å². The summed E-state index contributed by atoms with van der Waals surface area (Å²) in [6.45, 7) is 5.57. The number of halogens is 1. The normalized spacial score (nSPS) is 12.9. The van der Waals surface area contributed by atoms with Crippen LogP contribution in [0.1, 0.15) is 25.7 Å². The number of nitrogens with zero attached hydrogens (tertiary/aromatic N) is 1. The van der Waals surface area contributed by atoms with Crippen molar-refractivity contribution in [2.24, 2.45) is 5.92 Å². The number of ether oxygens (including phenoxy) is 1. The lowest BCUT2D eigenvalue weighted by molar-refractivity contribution is -0.127. The minimum absolute atomic E-state index is 0.186. The molecule has 176 valence electrons. The maximum Gasteiger partial charge on any atom is 0.243 e. The lowest BCUT2D eigenvalue weighted by Crippen LogP contribution is -2.35. The highest BCUT2D eigenvalue weighted by molar-refractivity contribution is 9.10. The van der Waals surface area contributed by atoms with Gasteiger partial charge in [-0.15, -0.1) is 0 Å². The Hall–Kier alpha value is -3.07. The predicted molar refractivity (Wildman–Crippen MR) is 134 cm³/mol. The second-order valence-electron chi connectivity index (χ2n) is 7.75. The van der Waals surface area contributed by atoms with Crippen LogP contribution in [-0.2, 0) is 9.59 Å². The summed E-state index contributed by atoms with van der Waals surface area (Å²) in [5.74, 6) is 1.56. The zero-order valence-electron chi connectivity index (χ0n) is 18.5. The van der Waals surface area contributed by atoms with Gasteiger partial charge in [-0.3, -0.25) is 9.59 Å². The molecule has 1 heterocycles. The van der Waals surface area contributed by atoms with Gasteiger partial charge in [0.2, 0.25) is 11.8 Å². The lowest BCUT2D eigenvalue weighted by Gasteiger charge is -2.24. The molecule has 0 radical (unpaired) electrons. The van der Waals surface area contributed by atoms with Crippen molar-refractivity contribution in [3.05, 3.63) is 53.7 Å². The summed E-state index contributed by atoms with van der Waals surface area (Å²) in [6.07, 6.45) is 7.01. The molecule has 0 atom stereocenters. The third-order valence-electron chi connectivity index (χ3n) is 5.26. The van der Waals surface area contributed by atoms with Gasteiger partial charge in [-0.25, -0.2) is 4.98 Å². The Bertz CT molecular complexity index is 965. The number of aromatic nitrogens is 1. The van der Waals surface area contributed by atoms with Gasteiger partial charge in [0.25, 0.3) is 0 Å². The molecule has 0 spiro atoms. The first-order valence-corrected chi connectivity index (χ1v) is 11.9. The Morgan fingerprint density at radius 2 is 2.03 bits per heavy atom. The third-order valence-corrected chi connectivity index (χ3v) is 5.89. The molecule has 33 heavy (non-hydrogen) atoms. The van der Waals surface area contributed by atoms with Crippen LogP contribution in [0.25, 0.3) is 0 Å². The third kappa shape index (κ3) is 8.09. The standard InChI is InChI=1S/C24H30BrN5O3/c1-2-23(31)27-12-13-33-19-9-4-8-18(14-19)30-22-15-21(20(25)16-29-22)26-10-5-11-28-24(32)17-6-3-7-17/h2,4,8-9,14-17H,1,3,5-7,10-13H2,(H,27,31)(H,28,32)(H2,26,29,30). The summed E-state index contributed by atoms with van der Waals surface area (Å²) in [4.78, 5) is 27.5. The Labute approximate surface area is 202 Å². The first kappa shape index (κ1) is 24.6. The largest absolute Gasteiger partial charge is 0.492 e. The molecule has 1 fully saturated rings. The molecule has 1 aromatic carbocycles. The van der Waals surface area contributed by atoms with Crippen molar-refractivity contribution in [2.45, 2.75) is 25.7 Å². The van der Waals surface area contributed by atoms with Crippen LogP contribution in [0.15, 0.2) is 53.7 Å². The summed E-state index contributed by atoms with van der Waals surface area (Å²) >= 11 is 3.53. The van der Waals surface area contributed by atoms with Gasteiger partial charge >= 0.3 is 0 Å². The molecule has 2 amide bonds. The number of anilines is 3. The molecule has 4 N–H and O–H groups in total. The van der Waals surface area contributed by atoms with Crippen LogP contribution in [0.5, 0.6) is 5.75 Å². The van der Waals surface area contributed by atoms with Gasteiger partial charge in [-0.1, -0.05) is 19.1 Å². The molecule has 0 saturated heterocycles. The highest BCUT2D eigenvalue weighted by atomic mass is 79.9. The molecule has 1 aliphatic rings. The Kier molecular flexibility index (Phi) is 9.56. The van der Waals surface area contributed by atoms with Crippen LogP contribution in [-0.4, -0.2) is 43.0 Å². The van der Waals surface area contributed by atoms with Crippen LogP contribution in [0.3, 0.4) is 0 Å². The first-order valence-electron chi connectivity index (χ1n) is 11.1. The molecule has 3 rings (SSSR count). The first-order chi connectivity index (χ1) is 16.0. The van der Waals surface area contributed by atoms with Crippen molar-refractivity contribution in [3.63, 3.8) is 0 Å². The summed E-state index contributed by atoms with van der Waals surface area (Å²) in [5, 5.41) is 12.3. The van der Waals surface area contributed by atoms with Crippen LogP contribution in [0.4, 0.5) is 17.2 Å². The summed E-state index contributed by atoms with van der Waals surface area (Å²) in [6, 6.07) is 9.46. The molecule has 1 aromatic heterocycles. The van der Waals surface area contributed by atoms with Gasteiger partial charge in [-0.05, 0) is 53.4 Å². The molecular formula is C24H30BrN5O3. The van der Waals surface area contributed by atoms with Crippen molar-refractivity contribution in [1.82, 2.24) is 15.6 Å². The molecule has 0 bridgehead atoms. The van der Waals surface area contributed by atoms with Gasteiger partial charge < -0.3 is 26.0 Å². The second-order valence-corrected chi connectivity index (χ2v) is 8.60. The number of carbonyl (C=O) groups excluding carboxylic acids is 2. The average Bonchev–Trinajstić information content (AvgIpc) is 2.77. The zero-order valence-corrected chi connectivity index (χ0v) is 20.1. The van der Waals surface area contributed by atoms with Gasteiger partial charge in [0, 0.05) is 43.0 Å². The molecule has 2 aromatic rings. The van der Waals surface area contributed by atoms with E-state index in [0.29, 0.717) is 31.3 Å². The number of benzene rings is 1. The number of carbonyl (C=O) groups is 2. The van der Waals surface area contributed by atoms with Gasteiger partial charge in [0.05, 0.1) is 16.7 Å². The minimum Gasteiger partial charge on any atom is -0.492 e. The Balaban J connectivity index is 1.45. The van der Waals surface area contributed by atoms with Crippen LogP contribution >= 0.6 is 15.9 Å². The maximum atomic E-state index is 11.9. The van der Waals surface area contributed by atoms with Gasteiger partial charge in [0.15, 0.2) is 0 Å². The van der Waals surface area contributed by atoms with E-state index in [1.165, 1.54) is 12.5 Å². The predicted octanol–water partition coefficient (Wildman–Crippen LogP) is 3.99. The average molecular weight is 516 g/mol. The molecule has 0 aliphatic heterocycles. The van der Waals surface area contributed by atoms with Crippen molar-refractivity contribution < 1.29 is 14.3 Å². The lowest BCUT2D eigenvalue weighted by atomic mass is 9.85. The van der Waals surface area contributed by atoms with Crippen molar-refractivity contribution in [2.75, 3.05) is 36.9 Å². The van der Waals surface area contributed by atoms with E-state index in [1.807, 2.05) is 30.3 Å². The fraction of sp³-hybridized carbons (Fsp3) is 0.375. The van der Waals surface area contributed by atoms with Gasteiger partial charge in [0.1, 0.15) is 18.2 Å². The molecule has 1 saturated carbocycles. The second kappa shape index (κ2) is 12.8. The van der Waals surface area contributed by atoms with E-state index in [-0.39, 0.29) is 17.7 Å². The molecule has 1 aliphatic carbocycles. The SMILES string of the molecule is C=CC(=O)NCCOc1cccc(Nc2cc(NCCCNC(=O)C3CCC3)c(Br)cn2)c1. The number of hydrogen-bond acceptors (Lipinski definition) is 6. The molecule has 9 heteroatoms. The fourth-order valence-corrected chi connectivity index (χ4v) is 3.56. The highest BCUT2D eigenvalue weighted by Gasteiger charge is 2.24. The number of rotatable bonds is 13. The van der Waals surface area contributed by atoms with Crippen LogP contribution in [0, 0.1) is 5.92 Å². The molecule has 8 nitrogen and oxygen atoms in total. The summed E-state index contributed by atoms with van der Waals surface area (Å²) < 4.78 is 6.55. The van der Waals surface area contributed by atoms with Crippen molar-refractivity contribution in [3.8, 4) is 5.75 Å². The van der Waals surface area contributed by atoms with E-state index in [1.54, 1.807) is 6.20 Å². The van der Waals surface area contributed by atoms with E-state index >= 15 is 0 Å². The Morgan fingerprint density at radius 3 is 2.79 bits per heavy atom. The quantitative estimate of drug-likeness (QED) is 0.237. The zero-order chi connectivity index (χ0) is 23.5. The maximum absolute atomic E-state index is 11.9. The number of pyridine rings is 1. The van der Waals surface area contributed by atoms with Crippen LogP contribution in [0.2, 0.25) is 0 Å². The highest BCUT2D eigenvalue weighted by Crippen LogP contribution is 2.27. The van der Waals surface area contributed by atoms with E-state index < -0.39 is 0 Å². The van der Waals surface area contributed by atoms with E-state index in [2.05, 4.69) is 48.8 Å². The van der Waals surface area contributed by atoms with E-state index in [4.69, 9.17) is 4.74 Å². The fourth-order valence-electron chi connectivity index (χ4n) is 3.21. The van der Waals surface area contributed by atoms with E-state index in [9.17, 15) is 9.59 Å². The van der Waals surface area contributed by atoms with Gasteiger partial charge in [-0.2, -0.15) is 0 Å². The number of amides is 2. The monoisotopic (exact) mass is 515 g/mol. The number of hydrogen-bond donors (Lipinski definition) is 4. The smallest absolute Gasteiger partial charge is 0.243 e. The minimum atomic E-state index is -0.224. The summed E-state index contributed by atoms with van der Waals surface area (Å²) in [7, 11) is 0. The number of nitrogens with one attached hydrogen (secondary N) is 4.